The maximum atomic E-state index is 12.4. The highest BCUT2D eigenvalue weighted by atomic mass is 35.5. The number of aromatic nitrogens is 3. The van der Waals surface area contributed by atoms with Crippen LogP contribution >= 0.6 is 11.6 Å². The van der Waals surface area contributed by atoms with Gasteiger partial charge in [-0.25, -0.2) is 9.78 Å². The van der Waals surface area contributed by atoms with Crippen LogP contribution in [0.3, 0.4) is 0 Å². The molecule has 1 aromatic carbocycles. The van der Waals surface area contributed by atoms with Crippen molar-refractivity contribution in [2.75, 3.05) is 25.4 Å². The minimum atomic E-state index is -0.290. The molecule has 2 atom stereocenters. The van der Waals surface area contributed by atoms with Crippen LogP contribution in [-0.4, -0.2) is 45.3 Å². The van der Waals surface area contributed by atoms with Gasteiger partial charge >= 0.3 is 6.03 Å². The second-order valence-corrected chi connectivity index (χ2v) is 9.47. The van der Waals surface area contributed by atoms with Gasteiger partial charge in [0.1, 0.15) is 6.10 Å². The number of urea groups is 1. The molecule has 0 unspecified atom stereocenters. The fourth-order valence-electron chi connectivity index (χ4n) is 5.07. The molecule has 1 saturated heterocycles. The maximum Gasteiger partial charge on any atom is 0.317 e. The molecule has 8 nitrogen and oxygen atoms in total. The maximum absolute atomic E-state index is 12.4. The van der Waals surface area contributed by atoms with Crippen LogP contribution in [-0.2, 0) is 12.0 Å². The number of nitrogens with zero attached hydrogens (tertiary/aromatic N) is 4. The number of pyridine rings is 1. The number of nitrogen functional groups attached to an aromatic ring is 1. The van der Waals surface area contributed by atoms with Crippen LogP contribution in [0.1, 0.15) is 44.1 Å². The minimum Gasteiger partial charge on any atom is -0.482 e. The number of hydrogen-bond donors (Lipinski definition) is 2. The Morgan fingerprint density at radius 1 is 1.29 bits per heavy atom. The van der Waals surface area contributed by atoms with Crippen LogP contribution in [0.5, 0.6) is 5.75 Å². The fourth-order valence-corrected chi connectivity index (χ4v) is 5.36. The average molecular weight is 481 g/mol. The summed E-state index contributed by atoms with van der Waals surface area (Å²) in [6.07, 6.45) is 3.37. The lowest BCUT2D eigenvalue weighted by Crippen LogP contribution is -2.40. The summed E-state index contributed by atoms with van der Waals surface area (Å²) in [5, 5.41) is 8.41. The van der Waals surface area contributed by atoms with Crippen LogP contribution in [0.2, 0.25) is 5.02 Å². The van der Waals surface area contributed by atoms with Gasteiger partial charge in [0.2, 0.25) is 0 Å². The average Bonchev–Trinajstić information content (AvgIpc) is 3.53. The van der Waals surface area contributed by atoms with E-state index in [1.807, 2.05) is 49.1 Å². The number of nitrogens with one attached hydrogen (secondary N) is 1. The van der Waals surface area contributed by atoms with Crippen molar-refractivity contribution in [3.63, 3.8) is 0 Å². The lowest BCUT2D eigenvalue weighted by Gasteiger charge is -2.23. The topological polar surface area (TPSA) is 98.3 Å². The molecule has 0 radical (unpaired) electrons. The number of likely N-dealkylation sites (tertiary alicyclic amines) is 1. The first-order valence-electron chi connectivity index (χ1n) is 11.7. The molecular weight excluding hydrogens is 452 g/mol. The van der Waals surface area contributed by atoms with Gasteiger partial charge in [-0.15, -0.1) is 0 Å². The third kappa shape index (κ3) is 3.96. The van der Waals surface area contributed by atoms with Gasteiger partial charge in [-0.2, -0.15) is 5.10 Å². The van der Waals surface area contributed by atoms with Crippen LogP contribution in [0.4, 0.5) is 10.6 Å². The number of ether oxygens (including phenoxy) is 1. The molecule has 1 fully saturated rings. The Morgan fingerprint density at radius 3 is 2.88 bits per heavy atom. The Balaban J connectivity index is 1.39. The number of rotatable bonds is 5. The van der Waals surface area contributed by atoms with Gasteiger partial charge in [0, 0.05) is 59.6 Å². The predicted molar refractivity (Wildman–Crippen MR) is 132 cm³/mol. The zero-order chi connectivity index (χ0) is 23.9. The predicted octanol–water partition coefficient (Wildman–Crippen LogP) is 4.40. The summed E-state index contributed by atoms with van der Waals surface area (Å²) in [7, 11) is 0. The summed E-state index contributed by atoms with van der Waals surface area (Å²) in [6.45, 7) is 6.82. The van der Waals surface area contributed by atoms with E-state index >= 15 is 0 Å². The SMILES string of the molecule is CCNC(=O)N1CC[C@@]2(CCn3nc(-c4cnc(N)c(O[C@H](C)c5ccccc5Cl)c4)cc32)C1. The number of aryl methyl sites for hydroxylation is 1. The van der Waals surface area contributed by atoms with E-state index in [1.54, 1.807) is 6.20 Å². The smallest absolute Gasteiger partial charge is 0.317 e. The molecule has 34 heavy (non-hydrogen) atoms. The summed E-state index contributed by atoms with van der Waals surface area (Å²) in [6, 6.07) is 11.6. The van der Waals surface area contributed by atoms with E-state index in [2.05, 4.69) is 21.0 Å². The van der Waals surface area contributed by atoms with E-state index in [4.69, 9.17) is 27.2 Å². The highest BCUT2D eigenvalue weighted by Crippen LogP contribution is 2.44. The highest BCUT2D eigenvalue weighted by molar-refractivity contribution is 6.31. The Bertz CT molecular complexity index is 1230. The standard InChI is InChI=1S/C25H29ClN6O2/c1-3-28-24(33)31-10-8-25(15-31)9-11-32-22(25)13-20(30-32)17-12-21(23(27)29-14-17)34-16(2)18-6-4-5-7-19(18)26/h4-7,12-14,16H,3,8-11,15H2,1-2H3,(H2,27,29)(H,28,33)/t16-,25-/m1/s1. The molecule has 2 aliphatic heterocycles. The summed E-state index contributed by atoms with van der Waals surface area (Å²) < 4.78 is 8.22. The number of fused-ring (bicyclic) bond motifs is 2. The van der Waals surface area contributed by atoms with Crippen molar-refractivity contribution in [3.8, 4) is 17.0 Å². The van der Waals surface area contributed by atoms with Gasteiger partial charge in [0.25, 0.3) is 0 Å². The van der Waals surface area contributed by atoms with Gasteiger partial charge in [-0.3, -0.25) is 4.68 Å². The third-order valence-corrected chi connectivity index (χ3v) is 7.26. The molecule has 9 heteroatoms. The minimum absolute atomic E-state index is 0.00901. The van der Waals surface area contributed by atoms with Gasteiger partial charge in [-0.1, -0.05) is 29.8 Å². The first kappa shape index (κ1) is 22.5. The summed E-state index contributed by atoms with van der Waals surface area (Å²) in [5.41, 5.74) is 9.81. The number of amides is 2. The van der Waals surface area contributed by atoms with Gasteiger partial charge in [0.15, 0.2) is 11.6 Å². The monoisotopic (exact) mass is 480 g/mol. The highest BCUT2D eigenvalue weighted by Gasteiger charge is 2.46. The largest absolute Gasteiger partial charge is 0.482 e. The molecule has 3 aromatic rings. The first-order valence-corrected chi connectivity index (χ1v) is 12.1. The van der Waals surface area contributed by atoms with Crippen molar-refractivity contribution >= 4 is 23.4 Å². The van der Waals surface area contributed by atoms with Gasteiger partial charge < -0.3 is 20.7 Å². The van der Waals surface area contributed by atoms with Crippen molar-refractivity contribution in [2.45, 2.75) is 44.8 Å². The second kappa shape index (κ2) is 8.83. The van der Waals surface area contributed by atoms with E-state index in [0.717, 1.165) is 42.8 Å². The van der Waals surface area contributed by atoms with E-state index in [-0.39, 0.29) is 17.6 Å². The van der Waals surface area contributed by atoms with E-state index in [0.29, 0.717) is 29.7 Å². The molecule has 0 bridgehead atoms. The number of halogens is 1. The summed E-state index contributed by atoms with van der Waals surface area (Å²) in [5.74, 6) is 0.815. The van der Waals surface area contributed by atoms with Crippen LogP contribution in [0, 0.1) is 0 Å². The zero-order valence-corrected chi connectivity index (χ0v) is 20.2. The van der Waals surface area contributed by atoms with Crippen molar-refractivity contribution in [1.29, 1.82) is 0 Å². The molecule has 2 aromatic heterocycles. The van der Waals surface area contributed by atoms with Crippen LogP contribution < -0.4 is 15.8 Å². The quantitative estimate of drug-likeness (QED) is 0.564. The Kier molecular flexibility index (Phi) is 5.85. The molecular formula is C25H29ClN6O2. The molecule has 5 rings (SSSR count). The number of benzene rings is 1. The van der Waals surface area contributed by atoms with Crippen LogP contribution in [0.25, 0.3) is 11.3 Å². The number of anilines is 1. The fraction of sp³-hybridized carbons (Fsp3) is 0.400. The Morgan fingerprint density at radius 2 is 2.09 bits per heavy atom. The molecule has 1 spiro atoms. The number of nitrogens with two attached hydrogens (primary N) is 1. The molecule has 4 heterocycles. The zero-order valence-electron chi connectivity index (χ0n) is 19.4. The molecule has 3 N–H and O–H groups in total. The van der Waals surface area contributed by atoms with E-state index in [1.165, 1.54) is 5.69 Å². The lowest BCUT2D eigenvalue weighted by molar-refractivity contribution is 0.206. The van der Waals surface area contributed by atoms with Gasteiger partial charge in [-0.05, 0) is 44.9 Å². The van der Waals surface area contributed by atoms with Crippen molar-refractivity contribution in [1.82, 2.24) is 25.0 Å². The van der Waals surface area contributed by atoms with Gasteiger partial charge in [0.05, 0.1) is 5.69 Å². The Hall–Kier alpha value is -3.26. The van der Waals surface area contributed by atoms with E-state index < -0.39 is 0 Å². The number of hydrogen-bond acceptors (Lipinski definition) is 5. The molecule has 178 valence electrons. The van der Waals surface area contributed by atoms with Crippen LogP contribution in [0.15, 0.2) is 42.6 Å². The Labute approximate surface area is 204 Å². The molecule has 0 saturated carbocycles. The summed E-state index contributed by atoms with van der Waals surface area (Å²) in [4.78, 5) is 18.6. The van der Waals surface area contributed by atoms with E-state index in [9.17, 15) is 4.79 Å². The first-order chi connectivity index (χ1) is 16.4. The number of carbonyl (C=O) groups is 1. The normalized spacial score (nSPS) is 19.9. The molecule has 2 amide bonds. The van der Waals surface area contributed by atoms with Crippen molar-refractivity contribution in [2.24, 2.45) is 0 Å². The lowest BCUT2D eigenvalue weighted by atomic mass is 9.82. The summed E-state index contributed by atoms with van der Waals surface area (Å²) >= 11 is 6.33. The number of carbonyl (C=O) groups excluding carboxylic acids is 1. The van der Waals surface area contributed by atoms with Crippen molar-refractivity contribution < 1.29 is 9.53 Å². The third-order valence-electron chi connectivity index (χ3n) is 6.92. The second-order valence-electron chi connectivity index (χ2n) is 9.06. The van der Waals surface area contributed by atoms with Crippen molar-refractivity contribution in [3.05, 3.63) is 58.9 Å². The molecule has 2 aliphatic rings. The molecule has 0 aliphatic carbocycles.